The Bertz CT molecular complexity index is 419. The zero-order valence-corrected chi connectivity index (χ0v) is 11.7. The van der Waals surface area contributed by atoms with Crippen LogP contribution in [0, 0.1) is 6.92 Å². The second kappa shape index (κ2) is 7.50. The van der Waals surface area contributed by atoms with Crippen molar-refractivity contribution in [2.24, 2.45) is 5.73 Å². The van der Waals surface area contributed by atoms with Crippen LogP contribution in [0.25, 0.3) is 0 Å². The zero-order valence-electron chi connectivity index (χ0n) is 11.7. The van der Waals surface area contributed by atoms with E-state index in [4.69, 9.17) is 10.5 Å². The van der Waals surface area contributed by atoms with Gasteiger partial charge in [-0.05, 0) is 31.0 Å². The Kier molecular flexibility index (Phi) is 6.29. The zero-order chi connectivity index (χ0) is 15.2. The molecule has 1 rings (SSSR count). The third-order valence-corrected chi connectivity index (χ3v) is 2.68. The van der Waals surface area contributed by atoms with Crippen molar-refractivity contribution < 1.29 is 22.6 Å². The molecule has 0 amide bonds. The average Bonchev–Trinajstić information content (AvgIpc) is 2.33. The molecule has 0 aromatic heterocycles. The molecule has 3 nitrogen and oxygen atoms in total. The number of hydrogen-bond donors (Lipinski definition) is 1. The Hall–Kier alpha value is -1.27. The van der Waals surface area contributed by atoms with Crippen LogP contribution in [-0.2, 0) is 4.74 Å². The third kappa shape index (κ3) is 6.25. The van der Waals surface area contributed by atoms with Crippen LogP contribution in [0.3, 0.4) is 0 Å². The van der Waals surface area contributed by atoms with Gasteiger partial charge < -0.3 is 15.2 Å². The van der Waals surface area contributed by atoms with E-state index in [0.717, 1.165) is 11.1 Å². The van der Waals surface area contributed by atoms with Crippen LogP contribution >= 0.6 is 0 Å². The summed E-state index contributed by atoms with van der Waals surface area (Å²) in [7, 11) is 0. The van der Waals surface area contributed by atoms with Crippen molar-refractivity contribution in [1.82, 2.24) is 0 Å². The normalized spacial score (nSPS) is 13.3. The standard InChI is InChI=1S/C14H20F3NO2/c1-10-8-12(11(2)18)4-5-13(10)20-7-3-6-19-9-14(15,16)17/h4-5,8,11H,3,6-7,9,18H2,1-2H3/t11-/m0/s1. The van der Waals surface area contributed by atoms with Crippen molar-refractivity contribution in [3.8, 4) is 5.75 Å². The lowest BCUT2D eigenvalue weighted by Gasteiger charge is -2.12. The number of nitrogens with two attached hydrogens (primary N) is 1. The van der Waals surface area contributed by atoms with Crippen LogP contribution in [0.15, 0.2) is 18.2 Å². The molecule has 0 radical (unpaired) electrons. The Labute approximate surface area is 116 Å². The maximum absolute atomic E-state index is 11.8. The molecule has 0 saturated heterocycles. The van der Waals surface area contributed by atoms with Crippen LogP contribution in [0.1, 0.15) is 30.5 Å². The lowest BCUT2D eigenvalue weighted by molar-refractivity contribution is -0.174. The average molecular weight is 291 g/mol. The first kappa shape index (κ1) is 16.8. The molecule has 0 saturated carbocycles. The summed E-state index contributed by atoms with van der Waals surface area (Å²) < 4.78 is 45.5. The highest BCUT2D eigenvalue weighted by molar-refractivity contribution is 5.37. The smallest absolute Gasteiger partial charge is 0.411 e. The molecule has 1 atom stereocenters. The Morgan fingerprint density at radius 1 is 1.25 bits per heavy atom. The van der Waals surface area contributed by atoms with Gasteiger partial charge in [0.1, 0.15) is 12.4 Å². The van der Waals surface area contributed by atoms with E-state index in [0.29, 0.717) is 18.8 Å². The van der Waals surface area contributed by atoms with Gasteiger partial charge in [-0.1, -0.05) is 12.1 Å². The van der Waals surface area contributed by atoms with E-state index in [1.54, 1.807) is 0 Å². The molecule has 0 spiro atoms. The van der Waals surface area contributed by atoms with E-state index in [-0.39, 0.29) is 12.6 Å². The number of rotatable bonds is 7. The highest BCUT2D eigenvalue weighted by atomic mass is 19.4. The lowest BCUT2D eigenvalue weighted by Crippen LogP contribution is -2.18. The number of benzene rings is 1. The van der Waals surface area contributed by atoms with E-state index >= 15 is 0 Å². The summed E-state index contributed by atoms with van der Waals surface area (Å²) in [6, 6.07) is 5.61. The highest BCUT2D eigenvalue weighted by Crippen LogP contribution is 2.22. The fourth-order valence-electron chi connectivity index (χ4n) is 1.65. The molecule has 6 heteroatoms. The van der Waals surface area contributed by atoms with Gasteiger partial charge in [-0.3, -0.25) is 0 Å². The first-order chi connectivity index (χ1) is 9.29. The monoisotopic (exact) mass is 291 g/mol. The number of alkyl halides is 3. The molecule has 0 aliphatic rings. The van der Waals surface area contributed by atoms with Crippen molar-refractivity contribution in [1.29, 1.82) is 0 Å². The molecule has 2 N–H and O–H groups in total. The molecular weight excluding hydrogens is 271 g/mol. The van der Waals surface area contributed by atoms with Crippen LogP contribution in [0.5, 0.6) is 5.75 Å². The van der Waals surface area contributed by atoms with Gasteiger partial charge in [0.15, 0.2) is 0 Å². The molecule has 0 fully saturated rings. The Morgan fingerprint density at radius 3 is 2.50 bits per heavy atom. The predicted molar refractivity (Wildman–Crippen MR) is 70.8 cm³/mol. The van der Waals surface area contributed by atoms with Crippen molar-refractivity contribution in [2.45, 2.75) is 32.5 Å². The largest absolute Gasteiger partial charge is 0.493 e. The molecular formula is C14H20F3NO2. The summed E-state index contributed by atoms with van der Waals surface area (Å²) in [5.41, 5.74) is 7.75. The van der Waals surface area contributed by atoms with E-state index < -0.39 is 12.8 Å². The third-order valence-electron chi connectivity index (χ3n) is 2.68. The van der Waals surface area contributed by atoms with Gasteiger partial charge in [-0.15, -0.1) is 0 Å². The van der Waals surface area contributed by atoms with E-state index in [1.807, 2.05) is 32.0 Å². The number of halogens is 3. The van der Waals surface area contributed by atoms with Gasteiger partial charge in [-0.25, -0.2) is 0 Å². The molecule has 0 aliphatic heterocycles. The topological polar surface area (TPSA) is 44.5 Å². The van der Waals surface area contributed by atoms with Gasteiger partial charge in [-0.2, -0.15) is 13.2 Å². The Balaban J connectivity index is 2.29. The predicted octanol–water partition coefficient (Wildman–Crippen LogP) is 3.36. The summed E-state index contributed by atoms with van der Waals surface area (Å²) in [5, 5.41) is 0. The first-order valence-electron chi connectivity index (χ1n) is 6.43. The minimum Gasteiger partial charge on any atom is -0.493 e. The van der Waals surface area contributed by atoms with Crippen molar-refractivity contribution in [3.05, 3.63) is 29.3 Å². The second-order valence-corrected chi connectivity index (χ2v) is 4.68. The summed E-state index contributed by atoms with van der Waals surface area (Å²) in [5.74, 6) is 0.713. The first-order valence-corrected chi connectivity index (χ1v) is 6.43. The SMILES string of the molecule is Cc1cc([C@H](C)N)ccc1OCCCOCC(F)(F)F. The number of ether oxygens (including phenoxy) is 2. The lowest BCUT2D eigenvalue weighted by atomic mass is 10.1. The maximum Gasteiger partial charge on any atom is 0.411 e. The van der Waals surface area contributed by atoms with Crippen LogP contribution in [-0.4, -0.2) is 26.0 Å². The summed E-state index contributed by atoms with van der Waals surface area (Å²) >= 11 is 0. The van der Waals surface area contributed by atoms with Crippen LogP contribution in [0.2, 0.25) is 0 Å². The fraction of sp³-hybridized carbons (Fsp3) is 0.571. The van der Waals surface area contributed by atoms with Crippen LogP contribution < -0.4 is 10.5 Å². The van der Waals surface area contributed by atoms with Gasteiger partial charge in [0.05, 0.1) is 13.2 Å². The Morgan fingerprint density at radius 2 is 1.95 bits per heavy atom. The molecule has 0 aliphatic carbocycles. The molecule has 0 bridgehead atoms. The molecule has 20 heavy (non-hydrogen) atoms. The summed E-state index contributed by atoms with van der Waals surface area (Å²) in [6.45, 7) is 2.93. The maximum atomic E-state index is 11.8. The van der Waals surface area contributed by atoms with Gasteiger partial charge in [0.25, 0.3) is 0 Å². The molecule has 114 valence electrons. The molecule has 1 aromatic rings. The van der Waals surface area contributed by atoms with Gasteiger partial charge >= 0.3 is 6.18 Å². The van der Waals surface area contributed by atoms with E-state index in [1.165, 1.54) is 0 Å². The fourth-order valence-corrected chi connectivity index (χ4v) is 1.65. The van der Waals surface area contributed by atoms with Gasteiger partial charge in [0, 0.05) is 12.5 Å². The van der Waals surface area contributed by atoms with Crippen LogP contribution in [0.4, 0.5) is 13.2 Å². The molecule has 1 aromatic carbocycles. The number of hydrogen-bond acceptors (Lipinski definition) is 3. The minimum atomic E-state index is -4.27. The highest BCUT2D eigenvalue weighted by Gasteiger charge is 2.27. The van der Waals surface area contributed by atoms with Crippen molar-refractivity contribution >= 4 is 0 Å². The summed E-state index contributed by atoms with van der Waals surface area (Å²) in [4.78, 5) is 0. The van der Waals surface area contributed by atoms with Crippen molar-refractivity contribution in [2.75, 3.05) is 19.8 Å². The van der Waals surface area contributed by atoms with Gasteiger partial charge in [0.2, 0.25) is 0 Å². The summed E-state index contributed by atoms with van der Waals surface area (Å²) in [6.07, 6.45) is -3.86. The van der Waals surface area contributed by atoms with Crippen molar-refractivity contribution in [3.63, 3.8) is 0 Å². The molecule has 0 heterocycles. The van der Waals surface area contributed by atoms with E-state index in [9.17, 15) is 13.2 Å². The quantitative estimate of drug-likeness (QED) is 0.783. The minimum absolute atomic E-state index is 0.0243. The number of aryl methyl sites for hydroxylation is 1. The second-order valence-electron chi connectivity index (χ2n) is 4.68. The molecule has 0 unspecified atom stereocenters. The van der Waals surface area contributed by atoms with E-state index in [2.05, 4.69) is 4.74 Å².